The molecule has 0 radical (unpaired) electrons. The van der Waals surface area contributed by atoms with Crippen LogP contribution in [0.1, 0.15) is 11.1 Å². The van der Waals surface area contributed by atoms with Crippen molar-refractivity contribution in [1.29, 1.82) is 0 Å². The molecule has 0 atom stereocenters. The SMILES string of the molecule is O=C(O)Cc1ccc(CC(=O)O)c(O)c1. The average Bonchev–Trinajstić information content (AvgIpc) is 2.08. The second kappa shape index (κ2) is 4.45. The van der Waals surface area contributed by atoms with Gasteiger partial charge in [0.2, 0.25) is 0 Å². The second-order valence-corrected chi connectivity index (χ2v) is 3.10. The van der Waals surface area contributed by atoms with E-state index < -0.39 is 11.9 Å². The number of aromatic hydroxyl groups is 1. The highest BCUT2D eigenvalue weighted by atomic mass is 16.4. The molecule has 1 aromatic rings. The molecule has 0 spiro atoms. The number of rotatable bonds is 4. The van der Waals surface area contributed by atoms with Crippen LogP contribution in [0.3, 0.4) is 0 Å². The van der Waals surface area contributed by atoms with E-state index in [0.717, 1.165) is 0 Å². The average molecular weight is 210 g/mol. The molecule has 0 saturated carbocycles. The fraction of sp³-hybridized carbons (Fsp3) is 0.200. The molecule has 0 unspecified atom stereocenters. The lowest BCUT2D eigenvalue weighted by atomic mass is 10.1. The minimum absolute atomic E-state index is 0.184. The molecule has 0 aromatic heterocycles. The molecule has 3 N–H and O–H groups in total. The molecule has 0 bridgehead atoms. The second-order valence-electron chi connectivity index (χ2n) is 3.10. The van der Waals surface area contributed by atoms with Crippen molar-refractivity contribution in [2.75, 3.05) is 0 Å². The van der Waals surface area contributed by atoms with E-state index in [9.17, 15) is 14.7 Å². The zero-order valence-corrected chi connectivity index (χ0v) is 7.80. The Morgan fingerprint density at radius 2 is 1.67 bits per heavy atom. The van der Waals surface area contributed by atoms with Gasteiger partial charge in [-0.15, -0.1) is 0 Å². The topological polar surface area (TPSA) is 94.8 Å². The lowest BCUT2D eigenvalue weighted by molar-refractivity contribution is -0.137. The Bertz CT molecular complexity index is 397. The minimum atomic E-state index is -1.05. The first-order valence-electron chi connectivity index (χ1n) is 4.23. The van der Waals surface area contributed by atoms with Crippen LogP contribution >= 0.6 is 0 Å². The predicted molar refractivity (Wildman–Crippen MR) is 50.8 cm³/mol. The predicted octanol–water partition coefficient (Wildman–Crippen LogP) is 0.646. The lowest BCUT2D eigenvalue weighted by Crippen LogP contribution is -2.03. The van der Waals surface area contributed by atoms with Crippen molar-refractivity contribution >= 4 is 11.9 Å². The van der Waals surface area contributed by atoms with Gasteiger partial charge in [0, 0.05) is 5.56 Å². The van der Waals surface area contributed by atoms with Gasteiger partial charge in [0.1, 0.15) is 5.75 Å². The molecule has 0 heterocycles. The number of carboxylic acids is 2. The highest BCUT2D eigenvalue weighted by Crippen LogP contribution is 2.19. The smallest absolute Gasteiger partial charge is 0.307 e. The fourth-order valence-corrected chi connectivity index (χ4v) is 1.21. The van der Waals surface area contributed by atoms with Crippen molar-refractivity contribution in [3.8, 4) is 5.75 Å². The Balaban J connectivity index is 2.87. The summed E-state index contributed by atoms with van der Waals surface area (Å²) in [5.74, 6) is -2.23. The summed E-state index contributed by atoms with van der Waals surface area (Å²) in [6.07, 6.45) is -0.472. The van der Waals surface area contributed by atoms with Crippen molar-refractivity contribution in [3.63, 3.8) is 0 Å². The molecule has 0 aliphatic heterocycles. The molecule has 5 heteroatoms. The monoisotopic (exact) mass is 210 g/mol. The van der Waals surface area contributed by atoms with Gasteiger partial charge in [-0.1, -0.05) is 12.1 Å². The number of carboxylic acid groups (broad SMARTS) is 2. The van der Waals surface area contributed by atoms with Gasteiger partial charge >= 0.3 is 11.9 Å². The lowest BCUT2D eigenvalue weighted by Gasteiger charge is -2.03. The number of carbonyl (C=O) groups is 2. The van der Waals surface area contributed by atoms with Crippen LogP contribution in [0.4, 0.5) is 0 Å². The molecule has 0 aliphatic carbocycles. The van der Waals surface area contributed by atoms with Crippen molar-refractivity contribution in [1.82, 2.24) is 0 Å². The highest BCUT2D eigenvalue weighted by molar-refractivity contribution is 5.72. The summed E-state index contributed by atoms with van der Waals surface area (Å²) in [7, 11) is 0. The van der Waals surface area contributed by atoms with Gasteiger partial charge in [0.25, 0.3) is 0 Å². The van der Waals surface area contributed by atoms with E-state index in [1.54, 1.807) is 0 Å². The summed E-state index contributed by atoms with van der Waals surface area (Å²) in [4.78, 5) is 20.7. The third-order valence-corrected chi connectivity index (χ3v) is 1.85. The third kappa shape index (κ3) is 3.30. The first kappa shape index (κ1) is 11.0. The van der Waals surface area contributed by atoms with Crippen LogP contribution in [0.2, 0.25) is 0 Å². The largest absolute Gasteiger partial charge is 0.508 e. The molecule has 5 nitrogen and oxygen atoms in total. The summed E-state index contributed by atoms with van der Waals surface area (Å²) in [5.41, 5.74) is 0.714. The maximum Gasteiger partial charge on any atom is 0.307 e. The molecule has 0 aliphatic rings. The van der Waals surface area contributed by atoms with Gasteiger partial charge in [0.15, 0.2) is 0 Å². The summed E-state index contributed by atoms with van der Waals surface area (Å²) in [6.45, 7) is 0. The Kier molecular flexibility index (Phi) is 3.28. The first-order valence-corrected chi connectivity index (χ1v) is 4.23. The van der Waals surface area contributed by atoms with E-state index in [2.05, 4.69) is 0 Å². The highest BCUT2D eigenvalue weighted by Gasteiger charge is 2.08. The molecule has 1 aromatic carbocycles. The molecule has 80 valence electrons. The standard InChI is InChI=1S/C10H10O5/c11-8-3-6(4-9(12)13)1-2-7(8)5-10(14)15/h1-3,11H,4-5H2,(H,12,13)(H,14,15). The van der Waals surface area contributed by atoms with Gasteiger partial charge in [-0.3, -0.25) is 9.59 Å². The normalized spacial score (nSPS) is 9.87. The summed E-state index contributed by atoms with van der Waals surface area (Å²) < 4.78 is 0. The van der Waals surface area contributed by atoms with Gasteiger partial charge in [-0.25, -0.2) is 0 Å². The maximum absolute atomic E-state index is 10.4. The van der Waals surface area contributed by atoms with Crippen LogP contribution < -0.4 is 0 Å². The minimum Gasteiger partial charge on any atom is -0.508 e. The van der Waals surface area contributed by atoms with Gasteiger partial charge < -0.3 is 15.3 Å². The van der Waals surface area contributed by atoms with E-state index in [1.165, 1.54) is 18.2 Å². The number of benzene rings is 1. The Labute approximate surface area is 85.6 Å². The zero-order valence-electron chi connectivity index (χ0n) is 7.80. The van der Waals surface area contributed by atoms with E-state index in [1.807, 2.05) is 0 Å². The van der Waals surface area contributed by atoms with Crippen LogP contribution in [0.15, 0.2) is 18.2 Å². The van der Waals surface area contributed by atoms with Gasteiger partial charge in [-0.05, 0) is 11.6 Å². The van der Waals surface area contributed by atoms with E-state index in [0.29, 0.717) is 5.56 Å². The van der Waals surface area contributed by atoms with Crippen LogP contribution in [-0.4, -0.2) is 27.3 Å². The van der Waals surface area contributed by atoms with Crippen molar-refractivity contribution in [2.45, 2.75) is 12.8 Å². The maximum atomic E-state index is 10.4. The van der Waals surface area contributed by atoms with E-state index in [-0.39, 0.29) is 24.2 Å². The molecule has 0 amide bonds. The zero-order chi connectivity index (χ0) is 11.4. The number of hydrogen-bond donors (Lipinski definition) is 3. The third-order valence-electron chi connectivity index (χ3n) is 1.85. The summed E-state index contributed by atoms with van der Waals surface area (Å²) in [6, 6.07) is 4.18. The van der Waals surface area contributed by atoms with Crippen LogP contribution in [-0.2, 0) is 22.4 Å². The molecule has 1 rings (SSSR count). The first-order chi connectivity index (χ1) is 6.99. The van der Waals surface area contributed by atoms with E-state index >= 15 is 0 Å². The van der Waals surface area contributed by atoms with Crippen molar-refractivity contribution in [3.05, 3.63) is 29.3 Å². The molecular weight excluding hydrogens is 200 g/mol. The van der Waals surface area contributed by atoms with Crippen molar-refractivity contribution < 1.29 is 24.9 Å². The van der Waals surface area contributed by atoms with Crippen molar-refractivity contribution in [2.24, 2.45) is 0 Å². The fourth-order valence-electron chi connectivity index (χ4n) is 1.21. The number of phenolic OH excluding ortho intramolecular Hbond substituents is 1. The van der Waals surface area contributed by atoms with Crippen LogP contribution in [0, 0.1) is 0 Å². The molecule has 15 heavy (non-hydrogen) atoms. The van der Waals surface area contributed by atoms with Gasteiger partial charge in [-0.2, -0.15) is 0 Å². The number of hydrogen-bond acceptors (Lipinski definition) is 3. The summed E-state index contributed by atoms with van der Waals surface area (Å²) in [5, 5.41) is 26.4. The van der Waals surface area contributed by atoms with Crippen LogP contribution in [0.25, 0.3) is 0 Å². The molecular formula is C10H10O5. The van der Waals surface area contributed by atoms with Gasteiger partial charge in [0.05, 0.1) is 12.8 Å². The number of aliphatic carboxylic acids is 2. The Morgan fingerprint density at radius 3 is 2.13 bits per heavy atom. The quantitative estimate of drug-likeness (QED) is 0.678. The molecule has 0 saturated heterocycles. The summed E-state index contributed by atoms with van der Waals surface area (Å²) >= 11 is 0. The Morgan fingerprint density at radius 1 is 1.07 bits per heavy atom. The van der Waals surface area contributed by atoms with E-state index in [4.69, 9.17) is 10.2 Å². The Hall–Kier alpha value is -2.04. The number of phenols is 1. The van der Waals surface area contributed by atoms with Crippen LogP contribution in [0.5, 0.6) is 5.75 Å². The molecule has 0 fully saturated rings.